The van der Waals surface area contributed by atoms with Gasteiger partial charge in [0, 0.05) is 29.2 Å². The van der Waals surface area contributed by atoms with Crippen LogP contribution in [0.3, 0.4) is 0 Å². The van der Waals surface area contributed by atoms with E-state index in [-0.39, 0.29) is 17.8 Å². The maximum atomic E-state index is 10.5. The van der Waals surface area contributed by atoms with Crippen molar-refractivity contribution in [2.24, 2.45) is 5.92 Å². The highest BCUT2D eigenvalue weighted by Crippen LogP contribution is 2.42. The summed E-state index contributed by atoms with van der Waals surface area (Å²) >= 11 is 12.0. The summed E-state index contributed by atoms with van der Waals surface area (Å²) in [5.41, 5.74) is 4.84. The highest BCUT2D eigenvalue weighted by molar-refractivity contribution is 7.80. The van der Waals surface area contributed by atoms with Crippen LogP contribution < -0.4 is 5.32 Å². The number of nitrogens with one attached hydrogen (secondary N) is 1. The third-order valence-corrected chi connectivity index (χ3v) is 6.31. The maximum Gasteiger partial charge on any atom is 0.170 e. The molecule has 0 aliphatic carbocycles. The molecule has 1 fully saturated rings. The predicted octanol–water partition coefficient (Wildman–Crippen LogP) is 5.48. The first-order valence-electron chi connectivity index (χ1n) is 10.4. The lowest BCUT2D eigenvalue weighted by Crippen LogP contribution is -2.33. The summed E-state index contributed by atoms with van der Waals surface area (Å²) in [5, 5.41) is 15.3. The lowest BCUT2D eigenvalue weighted by atomic mass is 9.96. The summed E-state index contributed by atoms with van der Waals surface area (Å²) in [6.45, 7) is 9.35. The van der Waals surface area contributed by atoms with Crippen LogP contribution in [0.25, 0.3) is 5.69 Å². The molecular formula is C24H27ClN4OS. The zero-order chi connectivity index (χ0) is 22.3. The highest BCUT2D eigenvalue weighted by atomic mass is 35.5. The minimum Gasteiger partial charge on any atom is -0.506 e. The Bertz CT molecular complexity index is 1110. The van der Waals surface area contributed by atoms with Gasteiger partial charge < -0.3 is 19.9 Å². The average molecular weight is 455 g/mol. The van der Waals surface area contributed by atoms with Gasteiger partial charge in [-0.25, -0.2) is 0 Å². The molecule has 0 spiro atoms. The van der Waals surface area contributed by atoms with Crippen molar-refractivity contribution in [2.75, 3.05) is 6.54 Å². The number of hydrogen-bond donors (Lipinski definition) is 2. The van der Waals surface area contributed by atoms with Crippen molar-refractivity contribution in [1.82, 2.24) is 19.8 Å². The van der Waals surface area contributed by atoms with E-state index in [4.69, 9.17) is 23.8 Å². The number of benzene rings is 1. The van der Waals surface area contributed by atoms with E-state index < -0.39 is 0 Å². The van der Waals surface area contributed by atoms with Crippen LogP contribution in [0.2, 0.25) is 5.02 Å². The van der Waals surface area contributed by atoms with Crippen LogP contribution in [-0.2, 0) is 0 Å². The van der Waals surface area contributed by atoms with Gasteiger partial charge in [0.15, 0.2) is 5.11 Å². The number of aryl methyl sites for hydroxylation is 1. The number of phenols is 1. The Labute approximate surface area is 193 Å². The number of aromatic nitrogens is 2. The van der Waals surface area contributed by atoms with Gasteiger partial charge in [-0.1, -0.05) is 31.5 Å². The normalized spacial score (nSPS) is 18.6. The fourth-order valence-corrected chi connectivity index (χ4v) is 4.95. The first kappa shape index (κ1) is 21.7. The Morgan fingerprint density at radius 2 is 1.97 bits per heavy atom. The van der Waals surface area contributed by atoms with Crippen molar-refractivity contribution < 1.29 is 5.11 Å². The SMILES string of the molecule is Cc1cc([C@H]2[C@@H](c3ccccn3)NC(=S)N2CC(C)C)c(C)n1-c1cc(Cl)ccc1O. The molecule has 2 atom stereocenters. The monoisotopic (exact) mass is 454 g/mol. The molecule has 0 unspecified atom stereocenters. The molecule has 7 heteroatoms. The molecule has 1 aromatic carbocycles. The number of pyridine rings is 1. The van der Waals surface area contributed by atoms with E-state index in [1.165, 1.54) is 0 Å². The van der Waals surface area contributed by atoms with Gasteiger partial charge >= 0.3 is 0 Å². The van der Waals surface area contributed by atoms with E-state index in [1.54, 1.807) is 18.2 Å². The predicted molar refractivity (Wildman–Crippen MR) is 129 cm³/mol. The third-order valence-electron chi connectivity index (χ3n) is 5.73. The summed E-state index contributed by atoms with van der Waals surface area (Å²) in [4.78, 5) is 6.88. The smallest absolute Gasteiger partial charge is 0.170 e. The Kier molecular flexibility index (Phi) is 5.95. The molecule has 0 amide bonds. The number of phenolic OH excluding ortho intramolecular Hbond substituents is 1. The highest BCUT2D eigenvalue weighted by Gasteiger charge is 2.41. The van der Waals surface area contributed by atoms with E-state index in [0.29, 0.717) is 16.6 Å². The Hall–Kier alpha value is -2.57. The molecule has 0 saturated carbocycles. The van der Waals surface area contributed by atoms with Gasteiger partial charge in [-0.15, -0.1) is 0 Å². The minimum atomic E-state index is -0.0608. The molecule has 3 heterocycles. The lowest BCUT2D eigenvalue weighted by Gasteiger charge is -2.29. The molecule has 1 aliphatic rings. The van der Waals surface area contributed by atoms with Crippen LogP contribution >= 0.6 is 23.8 Å². The van der Waals surface area contributed by atoms with Gasteiger partial charge in [-0.05, 0) is 73.9 Å². The molecule has 4 rings (SSSR count). The first-order valence-corrected chi connectivity index (χ1v) is 11.2. The van der Waals surface area contributed by atoms with Crippen molar-refractivity contribution in [2.45, 2.75) is 39.8 Å². The largest absolute Gasteiger partial charge is 0.506 e. The molecule has 1 saturated heterocycles. The maximum absolute atomic E-state index is 10.5. The van der Waals surface area contributed by atoms with Crippen LogP contribution in [0.15, 0.2) is 48.7 Å². The van der Waals surface area contributed by atoms with Gasteiger partial charge in [0.25, 0.3) is 0 Å². The second-order valence-electron chi connectivity index (χ2n) is 8.47. The molecule has 31 heavy (non-hydrogen) atoms. The quantitative estimate of drug-likeness (QED) is 0.500. The van der Waals surface area contributed by atoms with Crippen LogP contribution in [0.4, 0.5) is 0 Å². The summed E-state index contributed by atoms with van der Waals surface area (Å²) < 4.78 is 2.06. The Morgan fingerprint density at radius 1 is 1.19 bits per heavy atom. The van der Waals surface area contributed by atoms with Gasteiger partial charge in [-0.3, -0.25) is 4.98 Å². The van der Waals surface area contributed by atoms with E-state index >= 15 is 0 Å². The van der Waals surface area contributed by atoms with E-state index in [9.17, 15) is 5.11 Å². The summed E-state index contributed by atoms with van der Waals surface area (Å²) in [6.07, 6.45) is 1.81. The third kappa shape index (κ3) is 4.02. The van der Waals surface area contributed by atoms with Crippen molar-refractivity contribution in [3.05, 3.63) is 76.3 Å². The molecule has 5 nitrogen and oxygen atoms in total. The van der Waals surface area contributed by atoms with Gasteiger partial charge in [0.05, 0.1) is 23.5 Å². The number of hydrogen-bond acceptors (Lipinski definition) is 3. The van der Waals surface area contributed by atoms with E-state index in [2.05, 4.69) is 46.6 Å². The van der Waals surface area contributed by atoms with Crippen LogP contribution in [0.1, 0.15) is 48.6 Å². The number of thiocarbonyl (C=S) groups is 1. The number of aromatic hydroxyl groups is 1. The molecule has 2 N–H and O–H groups in total. The molecule has 1 aliphatic heterocycles. The first-order chi connectivity index (χ1) is 14.8. The summed E-state index contributed by atoms with van der Waals surface area (Å²) in [6, 6.07) is 13.2. The van der Waals surface area contributed by atoms with Crippen LogP contribution in [-0.4, -0.2) is 31.2 Å². The number of halogens is 1. The van der Waals surface area contributed by atoms with Crippen molar-refractivity contribution in [3.63, 3.8) is 0 Å². The second-order valence-corrected chi connectivity index (χ2v) is 9.29. The molecular weight excluding hydrogens is 428 g/mol. The van der Waals surface area contributed by atoms with Gasteiger partial charge in [0.2, 0.25) is 0 Å². The minimum absolute atomic E-state index is 0.00826. The molecule has 3 aromatic rings. The van der Waals surface area contributed by atoms with E-state index in [1.807, 2.05) is 31.3 Å². The summed E-state index contributed by atoms with van der Waals surface area (Å²) in [5.74, 6) is 0.642. The Balaban J connectivity index is 1.86. The van der Waals surface area contributed by atoms with Gasteiger partial charge in [-0.2, -0.15) is 0 Å². The fraction of sp³-hybridized carbons (Fsp3) is 0.333. The zero-order valence-electron chi connectivity index (χ0n) is 18.1. The molecule has 2 aromatic heterocycles. The standard InChI is InChI=1S/C24H27ClN4OS/c1-14(2)13-28-23(22(27-24(28)31)19-7-5-6-10-26-19)18-11-15(3)29(16(18)4)20-12-17(25)8-9-21(20)30/h5-12,14,22-23,30H,13H2,1-4H3,(H,27,31)/t22-,23+/m1/s1. The van der Waals surface area contributed by atoms with Crippen molar-refractivity contribution in [1.29, 1.82) is 0 Å². The molecule has 0 radical (unpaired) electrons. The Morgan fingerprint density at radius 3 is 2.65 bits per heavy atom. The average Bonchev–Trinajstić information content (AvgIpc) is 3.20. The van der Waals surface area contributed by atoms with Crippen LogP contribution in [0, 0.1) is 19.8 Å². The lowest BCUT2D eigenvalue weighted by molar-refractivity contribution is 0.287. The zero-order valence-corrected chi connectivity index (χ0v) is 19.7. The van der Waals surface area contributed by atoms with Crippen molar-refractivity contribution in [3.8, 4) is 11.4 Å². The van der Waals surface area contributed by atoms with Gasteiger partial charge in [0.1, 0.15) is 5.75 Å². The fourth-order valence-electron chi connectivity index (χ4n) is 4.47. The second kappa shape index (κ2) is 8.52. The molecule has 0 bridgehead atoms. The van der Waals surface area contributed by atoms with E-state index in [0.717, 1.165) is 34.3 Å². The van der Waals surface area contributed by atoms with Crippen molar-refractivity contribution >= 4 is 28.9 Å². The number of nitrogens with zero attached hydrogens (tertiary/aromatic N) is 3. The summed E-state index contributed by atoms with van der Waals surface area (Å²) in [7, 11) is 0. The van der Waals surface area contributed by atoms with Crippen LogP contribution in [0.5, 0.6) is 5.75 Å². The topological polar surface area (TPSA) is 53.3 Å². The molecule has 162 valence electrons. The number of rotatable bonds is 5.